The predicted octanol–water partition coefficient (Wildman–Crippen LogP) is 3.37. The number of fused-ring (bicyclic) bond motifs is 1. The largest absolute Gasteiger partial charge is 0.468 e. The third-order valence-corrected chi connectivity index (χ3v) is 4.60. The summed E-state index contributed by atoms with van der Waals surface area (Å²) in [5.74, 6) is -1.10. The summed E-state index contributed by atoms with van der Waals surface area (Å²) in [5.41, 5.74) is 0.389. The molecule has 3 rings (SSSR count). The first-order valence-corrected chi connectivity index (χ1v) is 8.84. The van der Waals surface area contributed by atoms with Crippen LogP contribution in [0.4, 0.5) is 0 Å². The molecule has 5 nitrogen and oxygen atoms in total. The number of hydrogen-bond donors (Lipinski definition) is 1. The molecule has 1 fully saturated rings. The van der Waals surface area contributed by atoms with E-state index in [1.165, 1.54) is 7.11 Å². The Morgan fingerprint density at radius 2 is 1.73 bits per heavy atom. The zero-order valence-electron chi connectivity index (χ0n) is 15.6. The van der Waals surface area contributed by atoms with Crippen molar-refractivity contribution in [3.05, 3.63) is 48.0 Å². The summed E-state index contributed by atoms with van der Waals surface area (Å²) in [6.07, 6.45) is 0.360. The Bertz CT molecular complexity index is 824. The monoisotopic (exact) mass is 355 g/mol. The lowest BCUT2D eigenvalue weighted by molar-refractivity contribution is -0.160. The molecule has 0 bridgehead atoms. The molecule has 0 spiro atoms. The zero-order valence-corrected chi connectivity index (χ0v) is 15.6. The quantitative estimate of drug-likeness (QED) is 0.855. The normalized spacial score (nSPS) is 23.0. The van der Waals surface area contributed by atoms with Crippen molar-refractivity contribution in [3.63, 3.8) is 0 Å². The van der Waals surface area contributed by atoms with Gasteiger partial charge in [0.05, 0.1) is 13.0 Å². The Morgan fingerprint density at radius 3 is 2.38 bits per heavy atom. The van der Waals surface area contributed by atoms with Crippen molar-refractivity contribution < 1.29 is 19.1 Å². The van der Waals surface area contributed by atoms with Crippen molar-refractivity contribution in [3.8, 4) is 0 Å². The van der Waals surface area contributed by atoms with Crippen LogP contribution in [0.3, 0.4) is 0 Å². The van der Waals surface area contributed by atoms with Gasteiger partial charge in [-0.1, -0.05) is 36.4 Å². The summed E-state index contributed by atoms with van der Waals surface area (Å²) < 4.78 is 10.5. The predicted molar refractivity (Wildman–Crippen MR) is 99.6 cm³/mol. The van der Waals surface area contributed by atoms with Gasteiger partial charge in [0.1, 0.15) is 11.6 Å². The van der Waals surface area contributed by atoms with E-state index >= 15 is 0 Å². The highest BCUT2D eigenvalue weighted by atomic mass is 16.6. The molecule has 1 aliphatic rings. The summed E-state index contributed by atoms with van der Waals surface area (Å²) >= 11 is 0. The van der Waals surface area contributed by atoms with Gasteiger partial charge in [-0.15, -0.1) is 0 Å². The summed E-state index contributed by atoms with van der Waals surface area (Å²) in [7, 11) is 1.36. The molecule has 0 aromatic heterocycles. The average molecular weight is 355 g/mol. The van der Waals surface area contributed by atoms with E-state index < -0.39 is 17.6 Å². The maximum atomic E-state index is 12.8. The molecule has 0 radical (unpaired) electrons. The zero-order chi connectivity index (χ0) is 18.9. The van der Waals surface area contributed by atoms with Crippen LogP contribution in [0.5, 0.6) is 0 Å². The Kier molecular flexibility index (Phi) is 5.01. The highest BCUT2D eigenvalue weighted by molar-refractivity contribution is 5.84. The van der Waals surface area contributed by atoms with Gasteiger partial charge >= 0.3 is 11.9 Å². The number of ether oxygens (including phenoxy) is 2. The van der Waals surface area contributed by atoms with Crippen LogP contribution in [0.25, 0.3) is 10.8 Å². The number of carbonyl (C=O) groups excluding carboxylic acids is 2. The van der Waals surface area contributed by atoms with Crippen molar-refractivity contribution >= 4 is 22.7 Å². The number of carbonyl (C=O) groups is 2. The van der Waals surface area contributed by atoms with Crippen LogP contribution < -0.4 is 5.32 Å². The minimum Gasteiger partial charge on any atom is -0.468 e. The Labute approximate surface area is 153 Å². The van der Waals surface area contributed by atoms with Crippen LogP contribution in [-0.4, -0.2) is 30.7 Å². The molecule has 1 heterocycles. The fourth-order valence-corrected chi connectivity index (χ4v) is 3.44. The van der Waals surface area contributed by atoms with Gasteiger partial charge in [-0.3, -0.25) is 14.9 Å². The lowest BCUT2D eigenvalue weighted by Gasteiger charge is -2.25. The van der Waals surface area contributed by atoms with Gasteiger partial charge in [0.15, 0.2) is 0 Å². The van der Waals surface area contributed by atoms with Crippen molar-refractivity contribution in [2.24, 2.45) is 5.92 Å². The van der Waals surface area contributed by atoms with Gasteiger partial charge in [-0.25, -0.2) is 0 Å². The lowest BCUT2D eigenvalue weighted by atomic mass is 9.92. The molecule has 2 aromatic carbocycles. The molecule has 0 aliphatic carbocycles. The van der Waals surface area contributed by atoms with Crippen LogP contribution in [-0.2, 0) is 19.1 Å². The van der Waals surface area contributed by atoms with E-state index in [0.717, 1.165) is 16.3 Å². The van der Waals surface area contributed by atoms with E-state index in [4.69, 9.17) is 9.47 Å². The first-order chi connectivity index (χ1) is 12.3. The minimum atomic E-state index is -0.575. The van der Waals surface area contributed by atoms with E-state index in [0.29, 0.717) is 6.42 Å². The van der Waals surface area contributed by atoms with E-state index in [2.05, 4.69) is 11.4 Å². The highest BCUT2D eigenvalue weighted by Gasteiger charge is 2.44. The number of hydrogen-bond acceptors (Lipinski definition) is 5. The summed E-state index contributed by atoms with van der Waals surface area (Å²) in [6, 6.07) is 13.3. The third kappa shape index (κ3) is 3.88. The second-order valence-electron chi connectivity index (χ2n) is 7.70. The molecule has 26 heavy (non-hydrogen) atoms. The molecular formula is C21H25NO4. The minimum absolute atomic E-state index is 0.293. The average Bonchev–Trinajstić information content (AvgIpc) is 3.04. The smallest absolute Gasteiger partial charge is 0.322 e. The van der Waals surface area contributed by atoms with E-state index in [1.54, 1.807) is 0 Å². The van der Waals surface area contributed by atoms with Crippen LogP contribution in [0.1, 0.15) is 38.8 Å². The van der Waals surface area contributed by atoms with Crippen LogP contribution in [0, 0.1) is 5.92 Å². The Hall–Kier alpha value is -2.40. The molecule has 0 amide bonds. The van der Waals surface area contributed by atoms with E-state index in [9.17, 15) is 9.59 Å². The van der Waals surface area contributed by atoms with Crippen molar-refractivity contribution in [2.45, 2.75) is 44.9 Å². The summed E-state index contributed by atoms with van der Waals surface area (Å²) in [4.78, 5) is 24.8. The molecule has 1 N–H and O–H groups in total. The second-order valence-corrected chi connectivity index (χ2v) is 7.70. The Morgan fingerprint density at radius 1 is 1.04 bits per heavy atom. The lowest BCUT2D eigenvalue weighted by Crippen LogP contribution is -2.33. The van der Waals surface area contributed by atoms with Gasteiger partial charge in [0.2, 0.25) is 0 Å². The number of rotatable bonds is 3. The first kappa shape index (κ1) is 18.4. The van der Waals surface area contributed by atoms with Crippen molar-refractivity contribution in [1.82, 2.24) is 5.32 Å². The van der Waals surface area contributed by atoms with E-state index in [-0.39, 0.29) is 18.0 Å². The van der Waals surface area contributed by atoms with Crippen LogP contribution in [0.2, 0.25) is 0 Å². The topological polar surface area (TPSA) is 64.6 Å². The molecule has 138 valence electrons. The molecule has 1 unspecified atom stereocenters. The van der Waals surface area contributed by atoms with Gasteiger partial charge in [0, 0.05) is 6.04 Å². The standard InChI is InChI=1S/C21H25NO4/c1-21(2,3)26-19(23)16-12-17(20(24)25-4)22-18(16)15-10-9-13-7-5-6-8-14(13)11-15/h5-11,16-18,22H,12H2,1-4H3/t16?,17-,18-/m1/s1. The van der Waals surface area contributed by atoms with E-state index in [1.807, 2.05) is 57.2 Å². The number of methoxy groups -OCH3 is 1. The third-order valence-electron chi connectivity index (χ3n) is 4.60. The van der Waals surface area contributed by atoms with Crippen molar-refractivity contribution in [1.29, 1.82) is 0 Å². The molecule has 1 saturated heterocycles. The number of nitrogens with one attached hydrogen (secondary N) is 1. The van der Waals surface area contributed by atoms with Gasteiger partial charge in [-0.05, 0) is 49.6 Å². The molecule has 2 aromatic rings. The van der Waals surface area contributed by atoms with Crippen LogP contribution >= 0.6 is 0 Å². The SMILES string of the molecule is COC(=O)[C@H]1CC(C(=O)OC(C)(C)C)[C@@H](c2ccc3ccccc3c2)N1. The first-order valence-electron chi connectivity index (χ1n) is 8.84. The maximum Gasteiger partial charge on any atom is 0.322 e. The number of benzene rings is 2. The second kappa shape index (κ2) is 7.08. The molecule has 0 saturated carbocycles. The molecule has 3 atom stereocenters. The Balaban J connectivity index is 1.93. The van der Waals surface area contributed by atoms with Gasteiger partial charge in [-0.2, -0.15) is 0 Å². The number of esters is 2. The molecular weight excluding hydrogens is 330 g/mol. The fraction of sp³-hybridized carbons (Fsp3) is 0.429. The molecule has 5 heteroatoms. The van der Waals surface area contributed by atoms with Crippen LogP contribution in [0.15, 0.2) is 42.5 Å². The van der Waals surface area contributed by atoms with Crippen molar-refractivity contribution in [2.75, 3.05) is 7.11 Å². The maximum absolute atomic E-state index is 12.8. The van der Waals surface area contributed by atoms with Gasteiger partial charge in [0.25, 0.3) is 0 Å². The van der Waals surface area contributed by atoms with Gasteiger partial charge < -0.3 is 9.47 Å². The summed E-state index contributed by atoms with van der Waals surface area (Å²) in [6.45, 7) is 5.53. The highest BCUT2D eigenvalue weighted by Crippen LogP contribution is 2.36. The summed E-state index contributed by atoms with van der Waals surface area (Å²) in [5, 5.41) is 5.49. The fourth-order valence-electron chi connectivity index (χ4n) is 3.44. The molecule has 1 aliphatic heterocycles.